The van der Waals surface area contributed by atoms with Gasteiger partial charge in [-0.15, -0.1) is 0 Å². The molecule has 22 heavy (non-hydrogen) atoms. The Morgan fingerprint density at radius 2 is 1.91 bits per heavy atom. The van der Waals surface area contributed by atoms with Crippen molar-refractivity contribution >= 4 is 5.69 Å². The van der Waals surface area contributed by atoms with E-state index in [1.54, 1.807) is 26.4 Å². The molecule has 0 aromatic heterocycles. The van der Waals surface area contributed by atoms with Crippen LogP contribution in [0.15, 0.2) is 36.4 Å². The van der Waals surface area contributed by atoms with E-state index in [-0.39, 0.29) is 5.56 Å². The lowest BCUT2D eigenvalue weighted by Crippen LogP contribution is -2.07. The van der Waals surface area contributed by atoms with Crippen molar-refractivity contribution in [1.29, 1.82) is 5.26 Å². The zero-order valence-electron chi connectivity index (χ0n) is 12.5. The number of nitriles is 1. The van der Waals surface area contributed by atoms with Crippen LogP contribution in [0.2, 0.25) is 0 Å². The summed E-state index contributed by atoms with van der Waals surface area (Å²) >= 11 is 0. The third-order valence-electron chi connectivity index (χ3n) is 3.30. The van der Waals surface area contributed by atoms with E-state index in [9.17, 15) is 4.39 Å². The molecular formula is C17H17FN2O2. The minimum absolute atomic E-state index is 0.0369. The fourth-order valence-corrected chi connectivity index (χ4v) is 2.16. The molecule has 2 aromatic rings. The van der Waals surface area contributed by atoms with Crippen LogP contribution in [-0.4, -0.2) is 20.8 Å². The standard InChI is InChI=1S/C17H17FN2O2/c1-21-16-7-6-12(10-17(16)22-2)8-9-20-15-5-3-4-14(18)13(15)11-19/h3-7,10,20H,8-9H2,1-2H3. The molecule has 0 fully saturated rings. The SMILES string of the molecule is COc1ccc(CCNc2cccc(F)c2C#N)cc1OC. The van der Waals surface area contributed by atoms with Crippen LogP contribution in [0.5, 0.6) is 11.5 Å². The van der Waals surface area contributed by atoms with Gasteiger partial charge in [0.2, 0.25) is 0 Å². The van der Waals surface area contributed by atoms with Gasteiger partial charge in [-0.1, -0.05) is 12.1 Å². The lowest BCUT2D eigenvalue weighted by Gasteiger charge is -2.11. The molecular weight excluding hydrogens is 283 g/mol. The first-order valence-corrected chi connectivity index (χ1v) is 6.83. The van der Waals surface area contributed by atoms with Crippen LogP contribution in [0.1, 0.15) is 11.1 Å². The zero-order valence-corrected chi connectivity index (χ0v) is 12.5. The second-order valence-corrected chi connectivity index (χ2v) is 4.64. The summed E-state index contributed by atoms with van der Waals surface area (Å²) in [7, 11) is 3.18. The third kappa shape index (κ3) is 3.47. The Hall–Kier alpha value is -2.74. The van der Waals surface area contributed by atoms with Crippen LogP contribution >= 0.6 is 0 Å². The van der Waals surface area contributed by atoms with Crippen LogP contribution in [0.25, 0.3) is 0 Å². The zero-order chi connectivity index (χ0) is 15.9. The molecule has 0 atom stereocenters. The van der Waals surface area contributed by atoms with E-state index < -0.39 is 5.82 Å². The molecule has 0 aliphatic carbocycles. The molecule has 0 saturated heterocycles. The number of nitrogens with zero attached hydrogens (tertiary/aromatic N) is 1. The summed E-state index contributed by atoms with van der Waals surface area (Å²) in [6.45, 7) is 0.577. The average molecular weight is 300 g/mol. The lowest BCUT2D eigenvalue weighted by molar-refractivity contribution is 0.354. The summed E-state index contributed by atoms with van der Waals surface area (Å²) in [6, 6.07) is 12.1. The molecule has 0 radical (unpaired) electrons. The van der Waals surface area contributed by atoms with Gasteiger partial charge < -0.3 is 14.8 Å². The van der Waals surface area contributed by atoms with Crippen LogP contribution in [-0.2, 0) is 6.42 Å². The molecule has 0 amide bonds. The van der Waals surface area contributed by atoms with Crippen molar-refractivity contribution in [3.05, 3.63) is 53.3 Å². The number of halogens is 1. The minimum atomic E-state index is -0.515. The van der Waals surface area contributed by atoms with Crippen molar-refractivity contribution in [2.24, 2.45) is 0 Å². The summed E-state index contributed by atoms with van der Waals surface area (Å²) in [5, 5.41) is 12.1. The van der Waals surface area contributed by atoms with Gasteiger partial charge in [-0.2, -0.15) is 5.26 Å². The van der Waals surface area contributed by atoms with E-state index in [1.807, 2.05) is 24.3 Å². The van der Waals surface area contributed by atoms with Gasteiger partial charge in [-0.25, -0.2) is 4.39 Å². The smallest absolute Gasteiger partial charge is 0.160 e. The van der Waals surface area contributed by atoms with E-state index in [0.717, 1.165) is 5.56 Å². The number of anilines is 1. The second kappa shape index (κ2) is 7.32. The molecule has 5 heteroatoms. The van der Waals surface area contributed by atoms with Gasteiger partial charge in [0, 0.05) is 6.54 Å². The van der Waals surface area contributed by atoms with Crippen LogP contribution < -0.4 is 14.8 Å². The summed E-state index contributed by atoms with van der Waals surface area (Å²) in [5.74, 6) is 0.832. The number of rotatable bonds is 6. The number of hydrogen-bond acceptors (Lipinski definition) is 4. The van der Waals surface area contributed by atoms with Crippen molar-refractivity contribution in [3.63, 3.8) is 0 Å². The summed E-state index contributed by atoms with van der Waals surface area (Å²) in [4.78, 5) is 0. The third-order valence-corrected chi connectivity index (χ3v) is 3.30. The first kappa shape index (κ1) is 15.6. The van der Waals surface area contributed by atoms with Crippen molar-refractivity contribution in [3.8, 4) is 17.6 Å². The van der Waals surface area contributed by atoms with Crippen LogP contribution in [0, 0.1) is 17.1 Å². The number of hydrogen-bond donors (Lipinski definition) is 1. The molecule has 0 aliphatic rings. The quantitative estimate of drug-likeness (QED) is 0.888. The van der Waals surface area contributed by atoms with Gasteiger partial charge in [-0.05, 0) is 36.2 Å². The maximum atomic E-state index is 13.5. The van der Waals surface area contributed by atoms with Gasteiger partial charge in [0.05, 0.1) is 19.9 Å². The highest BCUT2D eigenvalue weighted by molar-refractivity contribution is 5.58. The van der Waals surface area contributed by atoms with Crippen LogP contribution in [0.4, 0.5) is 10.1 Å². The number of ether oxygens (including phenoxy) is 2. The Bertz CT molecular complexity index is 696. The Morgan fingerprint density at radius 3 is 2.59 bits per heavy atom. The molecule has 0 bridgehead atoms. The van der Waals surface area contributed by atoms with Gasteiger partial charge in [0.25, 0.3) is 0 Å². The highest BCUT2D eigenvalue weighted by Crippen LogP contribution is 2.27. The topological polar surface area (TPSA) is 54.3 Å². The van der Waals surface area contributed by atoms with Gasteiger partial charge in [-0.3, -0.25) is 0 Å². The molecule has 2 rings (SSSR count). The first-order valence-electron chi connectivity index (χ1n) is 6.83. The Morgan fingerprint density at radius 1 is 1.14 bits per heavy atom. The van der Waals surface area contributed by atoms with Gasteiger partial charge in [0.15, 0.2) is 11.5 Å². The van der Waals surface area contributed by atoms with Gasteiger partial charge >= 0.3 is 0 Å². The summed E-state index contributed by atoms with van der Waals surface area (Å²) < 4.78 is 23.9. The van der Waals surface area contributed by atoms with E-state index in [4.69, 9.17) is 14.7 Å². The molecule has 0 unspecified atom stereocenters. The molecule has 0 aliphatic heterocycles. The fourth-order valence-electron chi connectivity index (χ4n) is 2.16. The summed E-state index contributed by atoms with van der Waals surface area (Å²) in [5.41, 5.74) is 1.60. The minimum Gasteiger partial charge on any atom is -0.493 e. The van der Waals surface area contributed by atoms with Crippen molar-refractivity contribution in [2.45, 2.75) is 6.42 Å². The number of nitrogens with one attached hydrogen (secondary N) is 1. The highest BCUT2D eigenvalue weighted by Gasteiger charge is 2.08. The van der Waals surface area contributed by atoms with E-state index in [2.05, 4.69) is 5.32 Å². The molecule has 0 saturated carbocycles. The number of benzene rings is 2. The number of methoxy groups -OCH3 is 2. The molecule has 1 N–H and O–H groups in total. The fraction of sp³-hybridized carbons (Fsp3) is 0.235. The van der Waals surface area contributed by atoms with Gasteiger partial charge in [0.1, 0.15) is 17.4 Å². The van der Waals surface area contributed by atoms with Crippen molar-refractivity contribution in [1.82, 2.24) is 0 Å². The Labute approximate surface area is 129 Å². The van der Waals surface area contributed by atoms with E-state index in [1.165, 1.54) is 6.07 Å². The average Bonchev–Trinajstić information content (AvgIpc) is 2.55. The molecule has 2 aromatic carbocycles. The van der Waals surface area contributed by atoms with E-state index >= 15 is 0 Å². The monoisotopic (exact) mass is 300 g/mol. The maximum absolute atomic E-state index is 13.5. The van der Waals surface area contributed by atoms with Crippen molar-refractivity contribution < 1.29 is 13.9 Å². The predicted octanol–water partition coefficient (Wildman–Crippen LogP) is 3.37. The molecule has 0 heterocycles. The molecule has 0 spiro atoms. The molecule has 4 nitrogen and oxygen atoms in total. The maximum Gasteiger partial charge on any atom is 0.160 e. The van der Waals surface area contributed by atoms with Crippen molar-refractivity contribution in [2.75, 3.05) is 26.1 Å². The highest BCUT2D eigenvalue weighted by atomic mass is 19.1. The largest absolute Gasteiger partial charge is 0.493 e. The second-order valence-electron chi connectivity index (χ2n) is 4.64. The molecule has 114 valence electrons. The Balaban J connectivity index is 2.03. The first-order chi connectivity index (χ1) is 10.7. The summed E-state index contributed by atoms with van der Waals surface area (Å²) in [6.07, 6.45) is 0.710. The Kier molecular flexibility index (Phi) is 5.21. The van der Waals surface area contributed by atoms with E-state index in [0.29, 0.717) is 30.2 Å². The predicted molar refractivity (Wildman–Crippen MR) is 82.9 cm³/mol. The normalized spacial score (nSPS) is 9.91. The van der Waals surface area contributed by atoms with Crippen LogP contribution in [0.3, 0.4) is 0 Å². The lowest BCUT2D eigenvalue weighted by atomic mass is 10.1.